The summed E-state index contributed by atoms with van der Waals surface area (Å²) in [6.07, 6.45) is 3.06. The minimum Gasteiger partial charge on any atom is -0.378 e. The molecule has 1 aliphatic rings. The third-order valence-electron chi connectivity index (χ3n) is 6.56. The molecule has 0 atom stereocenters. The summed E-state index contributed by atoms with van der Waals surface area (Å²) in [6, 6.07) is 17.9. The first-order valence-electron chi connectivity index (χ1n) is 12.0. The number of rotatable bonds is 7. The molecule has 0 aliphatic carbocycles. The van der Waals surface area contributed by atoms with Crippen molar-refractivity contribution >= 4 is 17.3 Å². The van der Waals surface area contributed by atoms with Gasteiger partial charge < -0.3 is 15.0 Å². The van der Waals surface area contributed by atoms with E-state index in [4.69, 9.17) is 9.72 Å². The largest absolute Gasteiger partial charge is 0.378 e. The standard InChI is InChI=1S/C28H31N5O2/c1-4-28(2,3)27(34)32-24-10-7-21(18-22(24)19-29)25-11-12-30-26(31-25)17-20-5-8-23(9-6-20)33-13-15-35-16-14-33/h5-12,18H,4,13-17H2,1-3H3,(H,32,34). The SMILES string of the molecule is CCC(C)(C)C(=O)Nc1ccc(-c2ccnc(Cc3ccc(N4CCOCC4)cc3)n2)cc1C#N. The van der Waals surface area contributed by atoms with E-state index in [1.165, 1.54) is 5.69 Å². The number of aromatic nitrogens is 2. The van der Waals surface area contributed by atoms with Crippen molar-refractivity contribution in [1.29, 1.82) is 5.26 Å². The van der Waals surface area contributed by atoms with Gasteiger partial charge in [-0.1, -0.05) is 39.0 Å². The molecule has 0 unspecified atom stereocenters. The molecule has 1 saturated heterocycles. The Kier molecular flexibility index (Phi) is 7.42. The summed E-state index contributed by atoms with van der Waals surface area (Å²) in [5.74, 6) is 0.607. The lowest BCUT2D eigenvalue weighted by Gasteiger charge is -2.28. The van der Waals surface area contributed by atoms with Gasteiger partial charge >= 0.3 is 0 Å². The van der Waals surface area contributed by atoms with Gasteiger partial charge in [0.05, 0.1) is 30.2 Å². The van der Waals surface area contributed by atoms with Crippen LogP contribution in [0, 0.1) is 16.7 Å². The van der Waals surface area contributed by atoms with Crippen molar-refractivity contribution in [2.24, 2.45) is 5.41 Å². The highest BCUT2D eigenvalue weighted by molar-refractivity contribution is 5.96. The Labute approximate surface area is 206 Å². The number of nitriles is 1. The first kappa shape index (κ1) is 24.4. The molecule has 3 aromatic rings. The average molecular weight is 470 g/mol. The Morgan fingerprint density at radius 2 is 1.89 bits per heavy atom. The first-order valence-corrected chi connectivity index (χ1v) is 12.0. The highest BCUT2D eigenvalue weighted by atomic mass is 16.5. The van der Waals surface area contributed by atoms with Crippen molar-refractivity contribution in [3.05, 3.63) is 71.7 Å². The van der Waals surface area contributed by atoms with Gasteiger partial charge in [-0.3, -0.25) is 4.79 Å². The van der Waals surface area contributed by atoms with Crippen LogP contribution in [-0.4, -0.2) is 42.2 Å². The molecule has 2 aromatic carbocycles. The molecule has 0 bridgehead atoms. The number of carbonyl (C=O) groups excluding carboxylic acids is 1. The molecule has 2 heterocycles. The Morgan fingerprint density at radius 1 is 1.14 bits per heavy atom. The number of nitrogens with one attached hydrogen (secondary N) is 1. The van der Waals surface area contributed by atoms with Gasteiger partial charge in [-0.25, -0.2) is 9.97 Å². The summed E-state index contributed by atoms with van der Waals surface area (Å²) in [5.41, 5.74) is 4.29. The molecule has 1 N–H and O–H groups in total. The number of anilines is 2. The third-order valence-corrected chi connectivity index (χ3v) is 6.56. The molecule has 1 aliphatic heterocycles. The van der Waals surface area contributed by atoms with E-state index in [1.54, 1.807) is 18.3 Å². The van der Waals surface area contributed by atoms with Crippen LogP contribution in [0.5, 0.6) is 0 Å². The number of benzene rings is 2. The normalized spacial score (nSPS) is 13.8. The van der Waals surface area contributed by atoms with E-state index in [1.807, 2.05) is 32.9 Å². The lowest BCUT2D eigenvalue weighted by Crippen LogP contribution is -2.36. The number of carbonyl (C=O) groups is 1. The van der Waals surface area contributed by atoms with Gasteiger partial charge in [0.2, 0.25) is 5.91 Å². The fourth-order valence-electron chi connectivity index (χ4n) is 3.83. The number of ether oxygens (including phenoxy) is 1. The van der Waals surface area contributed by atoms with Crippen LogP contribution in [0.25, 0.3) is 11.3 Å². The quantitative estimate of drug-likeness (QED) is 0.534. The molecule has 0 spiro atoms. The summed E-state index contributed by atoms with van der Waals surface area (Å²) in [6.45, 7) is 9.10. The van der Waals surface area contributed by atoms with E-state index < -0.39 is 5.41 Å². The van der Waals surface area contributed by atoms with Gasteiger partial charge in [0.15, 0.2) is 0 Å². The van der Waals surface area contributed by atoms with Crippen LogP contribution in [0.4, 0.5) is 11.4 Å². The van der Waals surface area contributed by atoms with Crippen molar-refractivity contribution in [3.8, 4) is 17.3 Å². The molecule has 1 amide bonds. The zero-order valence-electron chi connectivity index (χ0n) is 20.5. The Bertz CT molecular complexity index is 1220. The fraction of sp³-hybridized carbons (Fsp3) is 0.357. The second-order valence-corrected chi connectivity index (χ2v) is 9.36. The molecule has 1 aromatic heterocycles. The maximum Gasteiger partial charge on any atom is 0.230 e. The van der Waals surface area contributed by atoms with Crippen molar-refractivity contribution in [2.45, 2.75) is 33.6 Å². The second-order valence-electron chi connectivity index (χ2n) is 9.36. The van der Waals surface area contributed by atoms with Gasteiger partial charge in [0, 0.05) is 42.4 Å². The highest BCUT2D eigenvalue weighted by Gasteiger charge is 2.26. The van der Waals surface area contributed by atoms with E-state index in [0.29, 0.717) is 29.9 Å². The molecule has 1 fully saturated rings. The van der Waals surface area contributed by atoms with Crippen LogP contribution in [0.15, 0.2) is 54.7 Å². The van der Waals surface area contributed by atoms with Crippen LogP contribution >= 0.6 is 0 Å². The topological polar surface area (TPSA) is 91.1 Å². The number of hydrogen-bond donors (Lipinski definition) is 1. The van der Waals surface area contributed by atoms with E-state index in [0.717, 1.165) is 43.1 Å². The van der Waals surface area contributed by atoms with Crippen LogP contribution in [-0.2, 0) is 16.0 Å². The van der Waals surface area contributed by atoms with Crippen molar-refractivity contribution in [1.82, 2.24) is 9.97 Å². The predicted molar refractivity (Wildman–Crippen MR) is 137 cm³/mol. The zero-order valence-corrected chi connectivity index (χ0v) is 20.5. The molecule has 180 valence electrons. The molecular weight excluding hydrogens is 438 g/mol. The molecule has 7 nitrogen and oxygen atoms in total. The molecule has 0 radical (unpaired) electrons. The summed E-state index contributed by atoms with van der Waals surface area (Å²) >= 11 is 0. The Balaban J connectivity index is 1.49. The lowest BCUT2D eigenvalue weighted by atomic mass is 9.89. The number of nitrogens with zero attached hydrogens (tertiary/aromatic N) is 4. The van der Waals surface area contributed by atoms with Gasteiger partial charge in [-0.2, -0.15) is 5.26 Å². The van der Waals surface area contributed by atoms with Gasteiger partial charge in [-0.15, -0.1) is 0 Å². The average Bonchev–Trinajstić information content (AvgIpc) is 2.90. The maximum atomic E-state index is 12.6. The van der Waals surface area contributed by atoms with Crippen molar-refractivity contribution in [3.63, 3.8) is 0 Å². The lowest BCUT2D eigenvalue weighted by molar-refractivity contribution is -0.124. The number of morpholine rings is 1. The van der Waals surface area contributed by atoms with Crippen LogP contribution in [0.1, 0.15) is 44.1 Å². The van der Waals surface area contributed by atoms with E-state index in [2.05, 4.69) is 45.5 Å². The van der Waals surface area contributed by atoms with E-state index >= 15 is 0 Å². The molecular formula is C28H31N5O2. The third kappa shape index (κ3) is 5.84. The Morgan fingerprint density at radius 3 is 2.57 bits per heavy atom. The predicted octanol–water partition coefficient (Wildman–Crippen LogP) is 4.82. The van der Waals surface area contributed by atoms with Gasteiger partial charge in [0.1, 0.15) is 11.9 Å². The second kappa shape index (κ2) is 10.7. The van der Waals surface area contributed by atoms with E-state index in [-0.39, 0.29) is 5.91 Å². The molecule has 0 saturated carbocycles. The summed E-state index contributed by atoms with van der Waals surface area (Å²) in [5, 5.41) is 12.6. The summed E-state index contributed by atoms with van der Waals surface area (Å²) in [4.78, 5) is 24.1. The minimum atomic E-state index is -0.507. The van der Waals surface area contributed by atoms with Crippen molar-refractivity contribution in [2.75, 3.05) is 36.5 Å². The first-order chi connectivity index (χ1) is 16.9. The van der Waals surface area contributed by atoms with Crippen LogP contribution in [0.2, 0.25) is 0 Å². The monoisotopic (exact) mass is 469 g/mol. The highest BCUT2D eigenvalue weighted by Crippen LogP contribution is 2.27. The minimum absolute atomic E-state index is 0.104. The van der Waals surface area contributed by atoms with Gasteiger partial charge in [-0.05, 0) is 42.3 Å². The zero-order chi connectivity index (χ0) is 24.8. The molecule has 35 heavy (non-hydrogen) atoms. The maximum absolute atomic E-state index is 12.6. The number of amides is 1. The van der Waals surface area contributed by atoms with E-state index in [9.17, 15) is 10.1 Å². The smallest absolute Gasteiger partial charge is 0.230 e. The van der Waals surface area contributed by atoms with Gasteiger partial charge in [0.25, 0.3) is 0 Å². The summed E-state index contributed by atoms with van der Waals surface area (Å²) in [7, 11) is 0. The molecule has 4 rings (SSSR count). The number of hydrogen-bond acceptors (Lipinski definition) is 6. The molecule has 7 heteroatoms. The van der Waals surface area contributed by atoms with Crippen LogP contribution < -0.4 is 10.2 Å². The fourth-order valence-corrected chi connectivity index (χ4v) is 3.83. The van der Waals surface area contributed by atoms with Crippen LogP contribution in [0.3, 0.4) is 0 Å². The summed E-state index contributed by atoms with van der Waals surface area (Å²) < 4.78 is 5.43. The van der Waals surface area contributed by atoms with Crippen molar-refractivity contribution < 1.29 is 9.53 Å². The Hall–Kier alpha value is -3.76.